The number of aromatic nitrogens is 2. The Bertz CT molecular complexity index is 1740. The second-order valence-electron chi connectivity index (χ2n) is 8.83. The number of thiophene rings is 2. The van der Waals surface area contributed by atoms with E-state index in [9.17, 15) is 8.78 Å². The van der Waals surface area contributed by atoms with E-state index in [1.165, 1.54) is 0 Å². The Morgan fingerprint density at radius 2 is 0.923 bits per heavy atom. The summed E-state index contributed by atoms with van der Waals surface area (Å²) in [4.78, 5) is 3.84. The Hall–Kier alpha value is -4.18. The molecule has 0 saturated heterocycles. The third kappa shape index (κ3) is 4.44. The van der Waals surface area contributed by atoms with Crippen molar-refractivity contribution in [1.29, 1.82) is 0 Å². The molecule has 39 heavy (non-hydrogen) atoms. The number of nitrogens with two attached hydrogens (primary N) is 2. The van der Waals surface area contributed by atoms with E-state index in [0.29, 0.717) is 33.5 Å². The maximum atomic E-state index is 13.4. The molecule has 3 aromatic carbocycles. The van der Waals surface area contributed by atoms with Crippen molar-refractivity contribution in [3.63, 3.8) is 0 Å². The average molecular weight is 571 g/mol. The van der Waals surface area contributed by atoms with Crippen LogP contribution in [0.3, 0.4) is 0 Å². The summed E-state index contributed by atoms with van der Waals surface area (Å²) in [5.41, 5.74) is 20.0. The molecule has 0 atom stereocenters. The monoisotopic (exact) mass is 570 g/mol. The molecule has 0 radical (unpaired) electrons. The first-order chi connectivity index (χ1) is 18.8. The third-order valence-electron chi connectivity index (χ3n) is 6.46. The quantitative estimate of drug-likeness (QED) is 0.196. The summed E-state index contributed by atoms with van der Waals surface area (Å²) >= 11 is 4.22. The van der Waals surface area contributed by atoms with Crippen molar-refractivity contribution in [2.45, 2.75) is 0 Å². The van der Waals surface area contributed by atoms with Crippen molar-refractivity contribution >= 4 is 68.5 Å². The SMILES string of the molecule is C=C(F)c1ccc(-c2ccc(-c3c(N)c(N)c(-c4ccc(-c5ccc(C(=C)F)cc5)s4)c4nsnc34)s2)cc1. The molecule has 3 aromatic heterocycles. The lowest BCUT2D eigenvalue weighted by Crippen LogP contribution is -2.00. The summed E-state index contributed by atoms with van der Waals surface area (Å²) in [6, 6.07) is 22.3. The fourth-order valence-corrected chi connectivity index (χ4v) is 7.13. The second-order valence-corrected chi connectivity index (χ2v) is 11.5. The van der Waals surface area contributed by atoms with Gasteiger partial charge in [-0.05, 0) is 35.4 Å². The summed E-state index contributed by atoms with van der Waals surface area (Å²) < 4.78 is 36.1. The van der Waals surface area contributed by atoms with Gasteiger partial charge in [0.25, 0.3) is 0 Å². The van der Waals surface area contributed by atoms with E-state index < -0.39 is 11.7 Å². The Balaban J connectivity index is 1.40. The molecular weight excluding hydrogens is 551 g/mol. The highest BCUT2D eigenvalue weighted by Gasteiger charge is 2.23. The van der Waals surface area contributed by atoms with Crippen molar-refractivity contribution in [2.75, 3.05) is 11.5 Å². The Morgan fingerprint density at radius 1 is 0.564 bits per heavy atom. The molecule has 0 unspecified atom stereocenters. The summed E-state index contributed by atoms with van der Waals surface area (Å²) in [5, 5.41) is 0. The number of halogens is 2. The molecule has 0 bridgehead atoms. The van der Waals surface area contributed by atoms with Crippen LogP contribution in [0.2, 0.25) is 0 Å². The fraction of sp³-hybridized carbons (Fsp3) is 0. The van der Waals surface area contributed by atoms with Crippen molar-refractivity contribution in [2.24, 2.45) is 0 Å². The highest BCUT2D eigenvalue weighted by Crippen LogP contribution is 2.49. The molecule has 0 saturated carbocycles. The second kappa shape index (κ2) is 9.85. The van der Waals surface area contributed by atoms with Gasteiger partial charge in [0.05, 0.1) is 23.1 Å². The lowest BCUT2D eigenvalue weighted by atomic mass is 10.0. The highest BCUT2D eigenvalue weighted by atomic mass is 32.1. The van der Waals surface area contributed by atoms with Crippen LogP contribution in [-0.2, 0) is 0 Å². The largest absolute Gasteiger partial charge is 0.396 e. The van der Waals surface area contributed by atoms with E-state index in [1.54, 1.807) is 46.9 Å². The number of hydrogen-bond donors (Lipinski definition) is 2. The van der Waals surface area contributed by atoms with E-state index >= 15 is 0 Å². The van der Waals surface area contributed by atoms with Crippen LogP contribution in [0, 0.1) is 0 Å². The predicted octanol–water partition coefficient (Wildman–Crippen LogP) is 9.53. The predicted molar refractivity (Wildman–Crippen MR) is 164 cm³/mol. The van der Waals surface area contributed by atoms with Crippen LogP contribution in [0.15, 0.2) is 86.0 Å². The van der Waals surface area contributed by atoms with Gasteiger partial charge in [0.15, 0.2) is 0 Å². The molecule has 6 rings (SSSR count). The molecule has 0 fully saturated rings. The zero-order valence-electron chi connectivity index (χ0n) is 20.4. The van der Waals surface area contributed by atoms with Gasteiger partial charge in [-0.3, -0.25) is 0 Å². The molecule has 9 heteroatoms. The molecule has 4 nitrogen and oxygen atoms in total. The summed E-state index contributed by atoms with van der Waals surface area (Å²) in [7, 11) is 0. The summed E-state index contributed by atoms with van der Waals surface area (Å²) in [6.45, 7) is 6.70. The van der Waals surface area contributed by atoms with Gasteiger partial charge in [-0.15, -0.1) is 22.7 Å². The van der Waals surface area contributed by atoms with Gasteiger partial charge in [-0.2, -0.15) is 8.75 Å². The zero-order valence-corrected chi connectivity index (χ0v) is 22.8. The summed E-state index contributed by atoms with van der Waals surface area (Å²) in [6.07, 6.45) is 0. The molecule has 4 N–H and O–H groups in total. The van der Waals surface area contributed by atoms with E-state index in [4.69, 9.17) is 11.5 Å². The van der Waals surface area contributed by atoms with Crippen LogP contribution in [0.4, 0.5) is 20.2 Å². The maximum absolute atomic E-state index is 13.4. The molecule has 0 amide bonds. The molecule has 0 aliphatic carbocycles. The van der Waals surface area contributed by atoms with Gasteiger partial charge in [-0.25, -0.2) is 8.78 Å². The first-order valence-electron chi connectivity index (χ1n) is 11.8. The number of nitrogen functional groups attached to an aromatic ring is 2. The number of fused-ring (bicyclic) bond motifs is 1. The summed E-state index contributed by atoms with van der Waals surface area (Å²) in [5.74, 6) is -0.928. The van der Waals surface area contributed by atoms with Gasteiger partial charge in [0.1, 0.15) is 22.7 Å². The van der Waals surface area contributed by atoms with Crippen LogP contribution in [0.25, 0.3) is 64.4 Å². The third-order valence-corrected chi connectivity index (χ3v) is 9.29. The molecule has 6 aromatic rings. The van der Waals surface area contributed by atoms with Gasteiger partial charge in [0.2, 0.25) is 0 Å². The zero-order chi connectivity index (χ0) is 27.3. The number of benzene rings is 3. The standard InChI is InChI=1S/C30H20F2N4S3/c1-15(31)17-3-7-19(8-4-17)21-11-13-23(37-21)25-27(33)28(34)26(30-29(25)35-39-36-30)24-14-12-22(38-24)20-9-5-18(6-10-20)16(2)32/h3-14H,1-2,33-34H2. The van der Waals surface area contributed by atoms with Crippen LogP contribution < -0.4 is 11.5 Å². The van der Waals surface area contributed by atoms with E-state index in [0.717, 1.165) is 53.5 Å². The van der Waals surface area contributed by atoms with E-state index in [1.807, 2.05) is 48.5 Å². The molecule has 0 aliphatic rings. The number of rotatable bonds is 6. The Morgan fingerprint density at radius 3 is 1.28 bits per heavy atom. The molecule has 192 valence electrons. The van der Waals surface area contributed by atoms with Gasteiger partial charge in [-0.1, -0.05) is 61.7 Å². The Labute approximate surface area is 235 Å². The Kier molecular flexibility index (Phi) is 6.34. The van der Waals surface area contributed by atoms with E-state index in [2.05, 4.69) is 21.9 Å². The van der Waals surface area contributed by atoms with Crippen LogP contribution >= 0.6 is 34.4 Å². The lowest BCUT2D eigenvalue weighted by molar-refractivity contribution is 0.763. The van der Waals surface area contributed by atoms with Crippen LogP contribution in [0.5, 0.6) is 0 Å². The van der Waals surface area contributed by atoms with Gasteiger partial charge in [0, 0.05) is 41.8 Å². The minimum Gasteiger partial charge on any atom is -0.396 e. The first-order valence-corrected chi connectivity index (χ1v) is 14.1. The van der Waals surface area contributed by atoms with Crippen molar-refractivity contribution < 1.29 is 8.78 Å². The first kappa shape index (κ1) is 25.1. The van der Waals surface area contributed by atoms with Crippen molar-refractivity contribution in [3.05, 3.63) is 97.1 Å². The van der Waals surface area contributed by atoms with Crippen LogP contribution in [-0.4, -0.2) is 8.75 Å². The van der Waals surface area contributed by atoms with Crippen LogP contribution in [0.1, 0.15) is 11.1 Å². The van der Waals surface area contributed by atoms with Crippen molar-refractivity contribution in [1.82, 2.24) is 8.75 Å². The highest BCUT2D eigenvalue weighted by molar-refractivity contribution is 7.19. The number of nitrogens with zero attached hydrogens (tertiary/aromatic N) is 2. The topological polar surface area (TPSA) is 77.8 Å². The number of hydrogen-bond acceptors (Lipinski definition) is 7. The van der Waals surface area contributed by atoms with Gasteiger partial charge >= 0.3 is 0 Å². The normalized spacial score (nSPS) is 11.2. The number of anilines is 2. The van der Waals surface area contributed by atoms with Gasteiger partial charge < -0.3 is 11.5 Å². The fourth-order valence-electron chi connectivity index (χ4n) is 4.43. The average Bonchev–Trinajstić information content (AvgIpc) is 3.71. The molecule has 0 aliphatic heterocycles. The minimum absolute atomic E-state index is 0.448. The smallest absolute Gasteiger partial charge is 0.123 e. The lowest BCUT2D eigenvalue weighted by Gasteiger charge is -2.12. The van der Waals surface area contributed by atoms with Crippen molar-refractivity contribution in [3.8, 4) is 41.8 Å². The molecule has 0 spiro atoms. The molecular formula is C30H20F2N4S3. The maximum Gasteiger partial charge on any atom is 0.123 e. The minimum atomic E-state index is -0.464. The molecule has 3 heterocycles. The van der Waals surface area contributed by atoms with E-state index in [-0.39, 0.29) is 0 Å².